The van der Waals surface area contributed by atoms with Crippen LogP contribution in [-0.2, 0) is 11.8 Å². The molecular formula is C18H23ClS. The van der Waals surface area contributed by atoms with Crippen molar-refractivity contribution >= 4 is 22.9 Å². The molecule has 0 N–H and O–H groups in total. The molecule has 1 atom stereocenters. The molecule has 0 fully saturated rings. The van der Waals surface area contributed by atoms with Gasteiger partial charge in [-0.3, -0.25) is 0 Å². The molecule has 0 amide bonds. The maximum absolute atomic E-state index is 6.61. The zero-order valence-electron chi connectivity index (χ0n) is 13.0. The van der Waals surface area contributed by atoms with E-state index in [1.807, 2.05) is 11.3 Å². The van der Waals surface area contributed by atoms with Gasteiger partial charge in [-0.25, -0.2) is 0 Å². The van der Waals surface area contributed by atoms with Crippen LogP contribution in [0.1, 0.15) is 52.6 Å². The second-order valence-electron chi connectivity index (χ2n) is 6.54. The van der Waals surface area contributed by atoms with Gasteiger partial charge in [0, 0.05) is 9.75 Å². The molecule has 0 saturated carbocycles. The summed E-state index contributed by atoms with van der Waals surface area (Å²) in [6, 6.07) is 11.0. The molecule has 2 aromatic rings. The van der Waals surface area contributed by atoms with Crippen LogP contribution in [0.3, 0.4) is 0 Å². The molecule has 20 heavy (non-hydrogen) atoms. The summed E-state index contributed by atoms with van der Waals surface area (Å²) < 4.78 is 0. The summed E-state index contributed by atoms with van der Waals surface area (Å²) in [5.41, 5.74) is 4.21. The number of benzene rings is 1. The van der Waals surface area contributed by atoms with Gasteiger partial charge in [-0.15, -0.1) is 22.9 Å². The molecule has 0 bridgehead atoms. The van der Waals surface area contributed by atoms with E-state index in [1.165, 1.54) is 26.4 Å². The van der Waals surface area contributed by atoms with E-state index in [-0.39, 0.29) is 10.8 Å². The first-order chi connectivity index (χ1) is 9.27. The van der Waals surface area contributed by atoms with Crippen LogP contribution < -0.4 is 0 Å². The van der Waals surface area contributed by atoms with Gasteiger partial charge in [-0.2, -0.15) is 0 Å². The molecule has 1 aromatic heterocycles. The molecule has 1 aromatic carbocycles. The number of halogens is 1. The maximum Gasteiger partial charge on any atom is 0.0718 e. The lowest BCUT2D eigenvalue weighted by atomic mass is 9.95. The molecule has 0 aliphatic rings. The molecule has 2 heteroatoms. The molecule has 1 unspecified atom stereocenters. The topological polar surface area (TPSA) is 0 Å². The van der Waals surface area contributed by atoms with Gasteiger partial charge in [0.15, 0.2) is 0 Å². The molecule has 2 rings (SSSR count). The number of alkyl halides is 1. The quantitative estimate of drug-likeness (QED) is 0.593. The largest absolute Gasteiger partial charge is 0.143 e. The first kappa shape index (κ1) is 15.6. The third-order valence-corrected chi connectivity index (χ3v) is 5.80. The molecule has 0 aliphatic heterocycles. The first-order valence-corrected chi connectivity index (χ1v) is 8.33. The lowest BCUT2D eigenvalue weighted by Gasteiger charge is -2.15. The Balaban J connectivity index is 2.13. The monoisotopic (exact) mass is 306 g/mol. The average Bonchev–Trinajstić information content (AvgIpc) is 2.83. The van der Waals surface area contributed by atoms with Crippen molar-refractivity contribution in [1.82, 2.24) is 0 Å². The number of aryl methyl sites for hydroxylation is 2. The van der Waals surface area contributed by atoms with E-state index < -0.39 is 0 Å². The Labute approximate surface area is 131 Å². The van der Waals surface area contributed by atoms with E-state index in [9.17, 15) is 0 Å². The Morgan fingerprint density at radius 3 is 2.30 bits per heavy atom. The van der Waals surface area contributed by atoms with Crippen molar-refractivity contribution in [2.45, 2.75) is 51.8 Å². The van der Waals surface area contributed by atoms with E-state index in [2.05, 4.69) is 65.0 Å². The predicted molar refractivity (Wildman–Crippen MR) is 91.2 cm³/mol. The lowest BCUT2D eigenvalue weighted by Crippen LogP contribution is -2.07. The average molecular weight is 307 g/mol. The number of hydrogen-bond donors (Lipinski definition) is 0. The summed E-state index contributed by atoms with van der Waals surface area (Å²) >= 11 is 8.45. The van der Waals surface area contributed by atoms with Crippen molar-refractivity contribution in [2.24, 2.45) is 0 Å². The minimum atomic E-state index is 0.0678. The van der Waals surface area contributed by atoms with Crippen LogP contribution in [0, 0.1) is 13.8 Å². The minimum Gasteiger partial charge on any atom is -0.143 e. The number of thiophene rings is 1. The van der Waals surface area contributed by atoms with E-state index >= 15 is 0 Å². The molecule has 0 spiro atoms. The predicted octanol–water partition coefficient (Wildman–Crippen LogP) is 6.19. The minimum absolute atomic E-state index is 0.0678. The van der Waals surface area contributed by atoms with E-state index in [0.717, 1.165) is 6.42 Å². The highest BCUT2D eigenvalue weighted by atomic mass is 35.5. The van der Waals surface area contributed by atoms with Crippen molar-refractivity contribution < 1.29 is 0 Å². The van der Waals surface area contributed by atoms with Gasteiger partial charge in [0.05, 0.1) is 5.38 Å². The molecular weight excluding hydrogens is 284 g/mol. The fraction of sp³-hybridized carbons (Fsp3) is 0.444. The van der Waals surface area contributed by atoms with Gasteiger partial charge in [-0.05, 0) is 54.5 Å². The van der Waals surface area contributed by atoms with E-state index in [0.29, 0.717) is 0 Å². The van der Waals surface area contributed by atoms with Crippen LogP contribution in [0.5, 0.6) is 0 Å². The Morgan fingerprint density at radius 1 is 1.05 bits per heavy atom. The van der Waals surface area contributed by atoms with Crippen LogP contribution in [0.2, 0.25) is 0 Å². The van der Waals surface area contributed by atoms with Crippen LogP contribution in [-0.4, -0.2) is 0 Å². The highest BCUT2D eigenvalue weighted by Crippen LogP contribution is 2.36. The van der Waals surface area contributed by atoms with Crippen LogP contribution in [0.4, 0.5) is 0 Å². The summed E-state index contributed by atoms with van der Waals surface area (Å²) in [4.78, 5) is 2.67. The molecule has 0 nitrogen and oxygen atoms in total. The van der Waals surface area contributed by atoms with Gasteiger partial charge >= 0.3 is 0 Å². The third kappa shape index (κ3) is 3.65. The van der Waals surface area contributed by atoms with Crippen molar-refractivity contribution in [3.05, 3.63) is 56.8 Å². The zero-order valence-corrected chi connectivity index (χ0v) is 14.5. The number of hydrogen-bond acceptors (Lipinski definition) is 1. The highest BCUT2D eigenvalue weighted by Gasteiger charge is 2.19. The Morgan fingerprint density at radius 2 is 1.75 bits per heavy atom. The molecule has 0 radical (unpaired) electrons. The lowest BCUT2D eigenvalue weighted by molar-refractivity contribution is 0.604. The highest BCUT2D eigenvalue weighted by molar-refractivity contribution is 7.12. The van der Waals surface area contributed by atoms with Crippen molar-refractivity contribution in [2.75, 3.05) is 0 Å². The Kier molecular flexibility index (Phi) is 4.61. The van der Waals surface area contributed by atoms with Gasteiger partial charge in [0.1, 0.15) is 0 Å². The maximum atomic E-state index is 6.61. The summed E-state index contributed by atoms with van der Waals surface area (Å²) in [7, 11) is 0. The Hall–Kier alpha value is -0.790. The SMILES string of the molecule is Cc1ccc(CC(Cl)c2ccc(C(C)(C)C)s2)cc1C. The van der Waals surface area contributed by atoms with Gasteiger partial charge in [0.2, 0.25) is 0 Å². The summed E-state index contributed by atoms with van der Waals surface area (Å²) in [5.74, 6) is 0. The van der Waals surface area contributed by atoms with Crippen LogP contribution in [0.25, 0.3) is 0 Å². The van der Waals surface area contributed by atoms with Crippen LogP contribution >= 0.6 is 22.9 Å². The standard InChI is InChI=1S/C18H23ClS/c1-12-6-7-14(10-13(12)2)11-15(19)16-8-9-17(20-16)18(3,4)5/h6-10,15H,11H2,1-5H3. The third-order valence-electron chi connectivity index (χ3n) is 3.66. The molecule has 108 valence electrons. The van der Waals surface area contributed by atoms with Crippen molar-refractivity contribution in [1.29, 1.82) is 0 Å². The smallest absolute Gasteiger partial charge is 0.0718 e. The van der Waals surface area contributed by atoms with E-state index in [4.69, 9.17) is 11.6 Å². The summed E-state index contributed by atoms with van der Waals surface area (Å²) in [6.45, 7) is 11.0. The molecule has 0 aliphatic carbocycles. The van der Waals surface area contributed by atoms with Crippen molar-refractivity contribution in [3.8, 4) is 0 Å². The molecule has 1 heterocycles. The zero-order chi connectivity index (χ0) is 14.9. The second kappa shape index (κ2) is 5.91. The van der Waals surface area contributed by atoms with E-state index in [1.54, 1.807) is 0 Å². The fourth-order valence-corrected chi connectivity index (χ4v) is 3.59. The second-order valence-corrected chi connectivity index (χ2v) is 8.18. The summed E-state index contributed by atoms with van der Waals surface area (Å²) in [6.07, 6.45) is 0.896. The normalized spacial score (nSPS) is 13.5. The first-order valence-electron chi connectivity index (χ1n) is 7.08. The van der Waals surface area contributed by atoms with Gasteiger partial charge < -0.3 is 0 Å². The van der Waals surface area contributed by atoms with Gasteiger partial charge in [-0.1, -0.05) is 39.0 Å². The fourth-order valence-electron chi connectivity index (χ4n) is 2.16. The Bertz CT molecular complexity index is 590. The van der Waals surface area contributed by atoms with Gasteiger partial charge in [0.25, 0.3) is 0 Å². The van der Waals surface area contributed by atoms with Crippen molar-refractivity contribution in [3.63, 3.8) is 0 Å². The van der Waals surface area contributed by atoms with Crippen LogP contribution in [0.15, 0.2) is 30.3 Å². The molecule has 0 saturated heterocycles. The number of rotatable bonds is 3. The summed E-state index contributed by atoms with van der Waals surface area (Å²) in [5, 5.41) is 0.0678.